The molecule has 1 aromatic rings. The van der Waals surface area contributed by atoms with E-state index in [0.717, 1.165) is 6.42 Å². The van der Waals surface area contributed by atoms with Crippen LogP contribution in [0.15, 0.2) is 12.4 Å². The number of ether oxygens (including phenoxy) is 1. The van der Waals surface area contributed by atoms with Gasteiger partial charge in [0.05, 0.1) is 18.5 Å². The summed E-state index contributed by atoms with van der Waals surface area (Å²) in [5.41, 5.74) is 0.483. The molecule has 2 N–H and O–H groups in total. The molecule has 0 atom stereocenters. The molecule has 0 radical (unpaired) electrons. The van der Waals surface area contributed by atoms with Crippen LogP contribution >= 0.6 is 0 Å². The Kier molecular flexibility index (Phi) is 4.35. The quantitative estimate of drug-likeness (QED) is 0.817. The van der Waals surface area contributed by atoms with Gasteiger partial charge in [0.25, 0.3) is 0 Å². The van der Waals surface area contributed by atoms with Crippen molar-refractivity contribution in [2.45, 2.75) is 13.0 Å². The first-order valence-electron chi connectivity index (χ1n) is 6.03. The minimum absolute atomic E-state index is 0.222. The number of hydrogen-bond donors (Lipinski definition) is 2. The molecular formula is C11H16N4O4. The zero-order chi connectivity index (χ0) is 13.7. The highest BCUT2D eigenvalue weighted by molar-refractivity contribution is 5.89. The fourth-order valence-corrected chi connectivity index (χ4v) is 1.80. The number of carbonyl (C=O) groups excluding carboxylic acids is 1. The second-order valence-electron chi connectivity index (χ2n) is 4.20. The number of carboxylic acids is 1. The van der Waals surface area contributed by atoms with Crippen molar-refractivity contribution in [2.24, 2.45) is 0 Å². The molecule has 8 heteroatoms. The lowest BCUT2D eigenvalue weighted by Gasteiger charge is -2.19. The first kappa shape index (κ1) is 13.3. The van der Waals surface area contributed by atoms with E-state index in [-0.39, 0.29) is 12.6 Å². The van der Waals surface area contributed by atoms with Gasteiger partial charge in [-0.05, 0) is 6.42 Å². The Balaban J connectivity index is 1.90. The van der Waals surface area contributed by atoms with Crippen molar-refractivity contribution in [3.05, 3.63) is 12.4 Å². The molecule has 0 unspecified atom stereocenters. The number of nitrogens with zero attached hydrogens (tertiary/aromatic N) is 3. The molecule has 19 heavy (non-hydrogen) atoms. The Morgan fingerprint density at radius 2 is 2.26 bits per heavy atom. The third-order valence-corrected chi connectivity index (χ3v) is 2.69. The zero-order valence-corrected chi connectivity index (χ0v) is 10.4. The Labute approximate surface area is 109 Å². The Hall–Kier alpha value is -2.09. The van der Waals surface area contributed by atoms with Gasteiger partial charge in [0.15, 0.2) is 0 Å². The summed E-state index contributed by atoms with van der Waals surface area (Å²) < 4.78 is 6.52. The molecule has 0 spiro atoms. The number of rotatable bonds is 3. The number of aromatic nitrogens is 2. The highest BCUT2D eigenvalue weighted by Gasteiger charge is 2.16. The van der Waals surface area contributed by atoms with Crippen LogP contribution in [0, 0.1) is 0 Å². The summed E-state index contributed by atoms with van der Waals surface area (Å²) in [4.78, 5) is 24.1. The SMILES string of the molecule is O=C(O)Cn1cc(NC(=O)N2CCCOCC2)cn1. The molecule has 1 aromatic heterocycles. The molecule has 0 bridgehead atoms. The number of carboxylic acid groups (broad SMARTS) is 1. The number of nitrogens with one attached hydrogen (secondary N) is 1. The third-order valence-electron chi connectivity index (χ3n) is 2.69. The molecular weight excluding hydrogens is 252 g/mol. The van der Waals surface area contributed by atoms with Crippen molar-refractivity contribution in [1.82, 2.24) is 14.7 Å². The number of aliphatic carboxylic acids is 1. The van der Waals surface area contributed by atoms with Crippen molar-refractivity contribution in [1.29, 1.82) is 0 Å². The monoisotopic (exact) mass is 268 g/mol. The molecule has 2 heterocycles. The van der Waals surface area contributed by atoms with Crippen LogP contribution in [0.4, 0.5) is 10.5 Å². The maximum Gasteiger partial charge on any atom is 0.325 e. The highest BCUT2D eigenvalue weighted by atomic mass is 16.5. The molecule has 1 saturated heterocycles. The Morgan fingerprint density at radius 3 is 3.05 bits per heavy atom. The van der Waals surface area contributed by atoms with E-state index in [1.165, 1.54) is 17.1 Å². The van der Waals surface area contributed by atoms with Crippen LogP contribution in [0.1, 0.15) is 6.42 Å². The van der Waals surface area contributed by atoms with Gasteiger partial charge in [0.2, 0.25) is 0 Å². The molecule has 104 valence electrons. The van der Waals surface area contributed by atoms with Gasteiger partial charge in [-0.1, -0.05) is 0 Å². The Bertz CT molecular complexity index is 451. The fourth-order valence-electron chi connectivity index (χ4n) is 1.80. The van der Waals surface area contributed by atoms with Gasteiger partial charge in [-0.2, -0.15) is 5.10 Å². The lowest BCUT2D eigenvalue weighted by atomic mass is 10.4. The van der Waals surface area contributed by atoms with E-state index in [4.69, 9.17) is 9.84 Å². The fraction of sp³-hybridized carbons (Fsp3) is 0.545. The van der Waals surface area contributed by atoms with Crippen LogP contribution in [0.25, 0.3) is 0 Å². The predicted octanol–water partition coefficient (Wildman–Crippen LogP) is 0.222. The van der Waals surface area contributed by atoms with Gasteiger partial charge in [-0.3, -0.25) is 9.48 Å². The molecule has 1 aliphatic rings. The molecule has 8 nitrogen and oxygen atoms in total. The van der Waals surface area contributed by atoms with Gasteiger partial charge in [0, 0.05) is 25.9 Å². The number of anilines is 1. The Morgan fingerprint density at radius 1 is 1.42 bits per heavy atom. The maximum absolute atomic E-state index is 12.0. The van der Waals surface area contributed by atoms with Gasteiger partial charge < -0.3 is 20.1 Å². The summed E-state index contributed by atoms with van der Waals surface area (Å²) in [6, 6.07) is -0.222. The van der Waals surface area contributed by atoms with Crippen LogP contribution < -0.4 is 5.32 Å². The first-order valence-corrected chi connectivity index (χ1v) is 6.03. The topological polar surface area (TPSA) is 96.7 Å². The second-order valence-corrected chi connectivity index (χ2v) is 4.20. The molecule has 0 saturated carbocycles. The van der Waals surface area contributed by atoms with Gasteiger partial charge in [0.1, 0.15) is 6.54 Å². The summed E-state index contributed by atoms with van der Waals surface area (Å²) in [5.74, 6) is -0.981. The average molecular weight is 268 g/mol. The normalized spacial score (nSPS) is 15.9. The largest absolute Gasteiger partial charge is 0.480 e. The van der Waals surface area contributed by atoms with Crippen molar-refractivity contribution in [2.75, 3.05) is 31.6 Å². The van der Waals surface area contributed by atoms with E-state index in [2.05, 4.69) is 10.4 Å². The summed E-state index contributed by atoms with van der Waals surface area (Å²) >= 11 is 0. The molecule has 2 amide bonds. The smallest absolute Gasteiger partial charge is 0.325 e. The predicted molar refractivity (Wildman–Crippen MR) is 65.9 cm³/mol. The molecule has 2 rings (SSSR count). The number of hydrogen-bond acceptors (Lipinski definition) is 4. The summed E-state index contributed by atoms with van der Waals surface area (Å²) in [7, 11) is 0. The van der Waals surface area contributed by atoms with Gasteiger partial charge in [-0.25, -0.2) is 4.79 Å². The van der Waals surface area contributed by atoms with E-state index in [0.29, 0.717) is 32.0 Å². The third kappa shape index (κ3) is 3.95. The van der Waals surface area contributed by atoms with Crippen LogP contribution in [0.3, 0.4) is 0 Å². The van der Waals surface area contributed by atoms with Crippen molar-refractivity contribution in [3.8, 4) is 0 Å². The van der Waals surface area contributed by atoms with Crippen molar-refractivity contribution < 1.29 is 19.4 Å². The standard InChI is InChI=1S/C11H16N4O4/c16-10(17)8-15-7-9(6-12-15)13-11(18)14-2-1-4-19-5-3-14/h6-7H,1-5,8H2,(H,13,18)(H,16,17). The van der Waals surface area contributed by atoms with Crippen molar-refractivity contribution >= 4 is 17.7 Å². The molecule has 1 fully saturated rings. The number of carbonyl (C=O) groups is 2. The minimum atomic E-state index is -0.981. The van der Waals surface area contributed by atoms with E-state index in [1.807, 2.05) is 0 Å². The van der Waals surface area contributed by atoms with Gasteiger partial charge >= 0.3 is 12.0 Å². The summed E-state index contributed by atoms with van der Waals surface area (Å²) in [6.07, 6.45) is 3.72. The molecule has 0 aliphatic carbocycles. The first-order chi connectivity index (χ1) is 9.15. The van der Waals surface area contributed by atoms with E-state index in [9.17, 15) is 9.59 Å². The zero-order valence-electron chi connectivity index (χ0n) is 10.4. The number of amides is 2. The van der Waals surface area contributed by atoms with E-state index in [1.54, 1.807) is 4.90 Å². The molecule has 0 aromatic carbocycles. The van der Waals surface area contributed by atoms with Crippen molar-refractivity contribution in [3.63, 3.8) is 0 Å². The second kappa shape index (κ2) is 6.19. The van der Waals surface area contributed by atoms with Gasteiger partial charge in [-0.15, -0.1) is 0 Å². The van der Waals surface area contributed by atoms with Crippen LogP contribution in [-0.2, 0) is 16.1 Å². The lowest BCUT2D eigenvalue weighted by molar-refractivity contribution is -0.137. The van der Waals surface area contributed by atoms with E-state index < -0.39 is 5.97 Å². The average Bonchev–Trinajstić information content (AvgIpc) is 2.64. The highest BCUT2D eigenvalue weighted by Crippen LogP contribution is 2.08. The minimum Gasteiger partial charge on any atom is -0.480 e. The number of urea groups is 1. The summed E-state index contributed by atoms with van der Waals surface area (Å²) in [6.45, 7) is 2.17. The molecule has 1 aliphatic heterocycles. The lowest BCUT2D eigenvalue weighted by Crippen LogP contribution is -2.36. The summed E-state index contributed by atoms with van der Waals surface area (Å²) in [5, 5.41) is 15.2. The van der Waals surface area contributed by atoms with Crippen LogP contribution in [0.5, 0.6) is 0 Å². The van der Waals surface area contributed by atoms with Crippen LogP contribution in [-0.4, -0.2) is 58.1 Å². The van der Waals surface area contributed by atoms with E-state index >= 15 is 0 Å². The van der Waals surface area contributed by atoms with Crippen LogP contribution in [0.2, 0.25) is 0 Å². The maximum atomic E-state index is 12.0.